The van der Waals surface area contributed by atoms with E-state index < -0.39 is 0 Å². The molecule has 2 aromatic rings. The van der Waals surface area contributed by atoms with E-state index in [0.29, 0.717) is 0 Å². The number of nitrogens with one attached hydrogen (secondary N) is 1. The summed E-state index contributed by atoms with van der Waals surface area (Å²) < 4.78 is 1.68. The second kappa shape index (κ2) is 5.29. The van der Waals surface area contributed by atoms with Crippen molar-refractivity contribution in [3.8, 4) is 0 Å². The van der Waals surface area contributed by atoms with Crippen LogP contribution in [0.4, 0.5) is 5.69 Å². The van der Waals surface area contributed by atoms with Gasteiger partial charge in [0.15, 0.2) is 0 Å². The molecule has 2 rings (SSSR count). The molecular formula is C16H23N3O. The quantitative estimate of drug-likeness (QED) is 0.928. The molecule has 0 bridgehead atoms. The highest BCUT2D eigenvalue weighted by Gasteiger charge is 2.20. The Hall–Kier alpha value is -1.81. The largest absolute Gasteiger partial charge is 0.382 e. The summed E-state index contributed by atoms with van der Waals surface area (Å²) in [6, 6.07) is 9.64. The summed E-state index contributed by atoms with van der Waals surface area (Å²) in [4.78, 5) is 14.2. The van der Waals surface area contributed by atoms with Crippen LogP contribution in [-0.2, 0) is 7.05 Å². The van der Waals surface area contributed by atoms with Crippen LogP contribution in [0.25, 0.3) is 10.9 Å². The molecule has 0 aliphatic heterocycles. The lowest BCUT2D eigenvalue weighted by molar-refractivity contribution is 0.210. The first-order chi connectivity index (χ1) is 9.33. The van der Waals surface area contributed by atoms with Gasteiger partial charge in [-0.2, -0.15) is 0 Å². The van der Waals surface area contributed by atoms with Crippen LogP contribution in [-0.4, -0.2) is 35.6 Å². The highest BCUT2D eigenvalue weighted by molar-refractivity contribution is 5.91. The zero-order valence-corrected chi connectivity index (χ0v) is 12.9. The van der Waals surface area contributed by atoms with Gasteiger partial charge in [-0.05, 0) is 34.0 Å². The summed E-state index contributed by atoms with van der Waals surface area (Å²) >= 11 is 0. The van der Waals surface area contributed by atoms with Crippen LogP contribution in [0.2, 0.25) is 0 Å². The highest BCUT2D eigenvalue weighted by atomic mass is 16.1. The number of aryl methyl sites for hydroxylation is 1. The molecule has 0 saturated heterocycles. The summed E-state index contributed by atoms with van der Waals surface area (Å²) in [5, 5.41) is 4.50. The third-order valence-electron chi connectivity index (χ3n) is 4.08. The van der Waals surface area contributed by atoms with Crippen LogP contribution in [0.15, 0.2) is 35.1 Å². The fourth-order valence-electron chi connectivity index (χ4n) is 2.03. The Morgan fingerprint density at radius 3 is 2.55 bits per heavy atom. The van der Waals surface area contributed by atoms with Gasteiger partial charge in [0.1, 0.15) is 0 Å². The van der Waals surface area contributed by atoms with Gasteiger partial charge in [-0.15, -0.1) is 0 Å². The Bertz CT molecular complexity index is 671. The van der Waals surface area contributed by atoms with Gasteiger partial charge in [-0.25, -0.2) is 0 Å². The van der Waals surface area contributed by atoms with Crippen molar-refractivity contribution in [2.24, 2.45) is 7.05 Å². The van der Waals surface area contributed by atoms with Crippen LogP contribution in [0.5, 0.6) is 0 Å². The summed E-state index contributed by atoms with van der Waals surface area (Å²) in [7, 11) is 5.92. The van der Waals surface area contributed by atoms with Crippen LogP contribution in [0, 0.1) is 0 Å². The molecule has 4 nitrogen and oxygen atoms in total. The van der Waals surface area contributed by atoms with E-state index in [1.54, 1.807) is 17.7 Å². The number of para-hydroxylation sites is 1. The molecule has 0 atom stereocenters. The van der Waals surface area contributed by atoms with Crippen molar-refractivity contribution in [3.05, 3.63) is 40.7 Å². The van der Waals surface area contributed by atoms with Gasteiger partial charge in [0.2, 0.25) is 0 Å². The smallest absolute Gasteiger partial charge is 0.252 e. The van der Waals surface area contributed by atoms with Crippen LogP contribution < -0.4 is 10.9 Å². The third kappa shape index (κ3) is 2.70. The van der Waals surface area contributed by atoms with E-state index in [0.717, 1.165) is 23.1 Å². The molecule has 0 saturated carbocycles. The van der Waals surface area contributed by atoms with Crippen molar-refractivity contribution < 1.29 is 0 Å². The molecule has 0 aliphatic carbocycles. The standard InChI is InChI=1S/C16H23N3O/c1-16(2,18(3)4)11-17-13-10-15(20)19(5)14-9-7-6-8-12(13)14/h6-10,17H,11H2,1-5H3. The Morgan fingerprint density at radius 2 is 1.90 bits per heavy atom. The van der Waals surface area contributed by atoms with Crippen molar-refractivity contribution in [1.29, 1.82) is 0 Å². The molecule has 20 heavy (non-hydrogen) atoms. The molecular weight excluding hydrogens is 250 g/mol. The molecule has 0 spiro atoms. The number of likely N-dealkylation sites (N-methyl/N-ethyl adjacent to an activating group) is 1. The first-order valence-electron chi connectivity index (χ1n) is 6.83. The average Bonchev–Trinajstić information content (AvgIpc) is 2.41. The van der Waals surface area contributed by atoms with Gasteiger partial charge in [-0.1, -0.05) is 18.2 Å². The number of rotatable bonds is 4. The first-order valence-corrected chi connectivity index (χ1v) is 6.83. The minimum absolute atomic E-state index is 0.00820. The lowest BCUT2D eigenvalue weighted by Gasteiger charge is -2.33. The maximum absolute atomic E-state index is 12.0. The summed E-state index contributed by atoms with van der Waals surface area (Å²) in [6.07, 6.45) is 0. The fraction of sp³-hybridized carbons (Fsp3) is 0.438. The van der Waals surface area contributed by atoms with Crippen LogP contribution in [0.1, 0.15) is 13.8 Å². The number of benzene rings is 1. The van der Waals surface area contributed by atoms with Gasteiger partial charge in [0.25, 0.3) is 5.56 Å². The number of hydrogen-bond donors (Lipinski definition) is 1. The van der Waals surface area contributed by atoms with E-state index in [9.17, 15) is 4.79 Å². The normalized spacial score (nSPS) is 12.1. The van der Waals surface area contributed by atoms with Gasteiger partial charge in [0.05, 0.1) is 5.52 Å². The maximum atomic E-state index is 12.0. The minimum atomic E-state index is 0.00820. The van der Waals surface area contributed by atoms with Crippen LogP contribution in [0.3, 0.4) is 0 Å². The molecule has 0 aliphatic rings. The van der Waals surface area contributed by atoms with Crippen molar-refractivity contribution in [3.63, 3.8) is 0 Å². The van der Waals surface area contributed by atoms with E-state index in [1.807, 2.05) is 24.3 Å². The van der Waals surface area contributed by atoms with E-state index in [2.05, 4.69) is 38.2 Å². The van der Waals surface area contributed by atoms with Gasteiger partial charge in [0, 0.05) is 36.3 Å². The Balaban J connectivity index is 2.41. The minimum Gasteiger partial charge on any atom is -0.382 e. The lowest BCUT2D eigenvalue weighted by atomic mass is 10.0. The SMILES string of the molecule is CN(C)C(C)(C)CNc1cc(=O)n(C)c2ccccc12. The average molecular weight is 273 g/mol. The maximum Gasteiger partial charge on any atom is 0.252 e. The molecule has 4 heteroatoms. The molecule has 0 unspecified atom stereocenters. The number of fused-ring (bicyclic) bond motifs is 1. The highest BCUT2D eigenvalue weighted by Crippen LogP contribution is 2.22. The zero-order valence-electron chi connectivity index (χ0n) is 12.9. The molecule has 0 radical (unpaired) electrons. The molecule has 1 N–H and O–H groups in total. The lowest BCUT2D eigenvalue weighted by Crippen LogP contribution is -2.44. The van der Waals surface area contributed by atoms with Gasteiger partial charge >= 0.3 is 0 Å². The predicted molar refractivity (Wildman–Crippen MR) is 85.4 cm³/mol. The monoisotopic (exact) mass is 273 g/mol. The zero-order chi connectivity index (χ0) is 14.9. The van der Waals surface area contributed by atoms with E-state index in [-0.39, 0.29) is 11.1 Å². The van der Waals surface area contributed by atoms with E-state index >= 15 is 0 Å². The Kier molecular flexibility index (Phi) is 3.86. The number of anilines is 1. The molecule has 108 valence electrons. The second-order valence-electron chi connectivity index (χ2n) is 6.03. The molecule has 1 heterocycles. The van der Waals surface area contributed by atoms with E-state index in [4.69, 9.17) is 0 Å². The predicted octanol–water partition coefficient (Wildman–Crippen LogP) is 2.29. The Morgan fingerprint density at radius 1 is 1.25 bits per heavy atom. The number of nitrogens with zero attached hydrogens (tertiary/aromatic N) is 2. The van der Waals surface area contributed by atoms with Crippen LogP contribution >= 0.6 is 0 Å². The summed E-state index contributed by atoms with van der Waals surface area (Å²) in [5.41, 5.74) is 1.87. The molecule has 0 fully saturated rings. The second-order valence-corrected chi connectivity index (χ2v) is 6.03. The first kappa shape index (κ1) is 14.6. The van der Waals surface area contributed by atoms with Gasteiger partial charge < -0.3 is 14.8 Å². The van der Waals surface area contributed by atoms with E-state index in [1.165, 1.54) is 0 Å². The van der Waals surface area contributed by atoms with Crippen molar-refractivity contribution in [1.82, 2.24) is 9.47 Å². The molecule has 1 aromatic carbocycles. The van der Waals surface area contributed by atoms with Crippen molar-refractivity contribution >= 4 is 16.6 Å². The topological polar surface area (TPSA) is 37.3 Å². The van der Waals surface area contributed by atoms with Crippen molar-refractivity contribution in [2.75, 3.05) is 26.0 Å². The van der Waals surface area contributed by atoms with Crippen molar-refractivity contribution in [2.45, 2.75) is 19.4 Å². The number of pyridine rings is 1. The fourth-order valence-corrected chi connectivity index (χ4v) is 2.03. The molecule has 1 aromatic heterocycles. The summed E-state index contributed by atoms with van der Waals surface area (Å²) in [6.45, 7) is 5.11. The summed E-state index contributed by atoms with van der Waals surface area (Å²) in [5.74, 6) is 0. The number of hydrogen-bond acceptors (Lipinski definition) is 3. The Labute approximate surface area is 120 Å². The number of aromatic nitrogens is 1. The molecule has 0 amide bonds. The third-order valence-corrected chi connectivity index (χ3v) is 4.08. The van der Waals surface area contributed by atoms with Gasteiger partial charge in [-0.3, -0.25) is 4.79 Å².